The standard InChI is InChI=1S/C29H28N4O6S/c1-6-39-28(36)24-17(3)30-29-32(25(24)20-13-12-19(37-4)14-22(20)38-5)27(35)23(40-29)15-21-16(2)31-33(26(21)34)18-10-8-7-9-11-18/h7-15,21,25H,6H2,1-5H3/b23-15+/t21-,25+/m0/s1. The summed E-state index contributed by atoms with van der Waals surface area (Å²) >= 11 is 1.15. The molecule has 1 amide bonds. The summed E-state index contributed by atoms with van der Waals surface area (Å²) in [4.78, 5) is 45.5. The number of amides is 1. The summed E-state index contributed by atoms with van der Waals surface area (Å²) in [6.07, 6.45) is 1.62. The van der Waals surface area contributed by atoms with Crippen LogP contribution in [0.5, 0.6) is 11.5 Å². The molecule has 2 aliphatic heterocycles. The van der Waals surface area contributed by atoms with Gasteiger partial charge in [-0.2, -0.15) is 10.1 Å². The smallest absolute Gasteiger partial charge is 0.338 e. The van der Waals surface area contributed by atoms with Gasteiger partial charge in [-0.25, -0.2) is 9.79 Å². The molecule has 0 unspecified atom stereocenters. The molecule has 11 heteroatoms. The molecule has 0 N–H and O–H groups in total. The number of carbonyl (C=O) groups excluding carboxylic acids is 2. The van der Waals surface area contributed by atoms with E-state index in [1.807, 2.05) is 18.2 Å². The molecule has 0 radical (unpaired) electrons. The number of allylic oxidation sites excluding steroid dienone is 1. The molecular formula is C29H28N4O6S. The van der Waals surface area contributed by atoms with Gasteiger partial charge >= 0.3 is 5.97 Å². The van der Waals surface area contributed by atoms with Crippen LogP contribution in [-0.2, 0) is 14.3 Å². The number of anilines is 1. The number of hydrogen-bond acceptors (Lipinski definition) is 9. The van der Waals surface area contributed by atoms with Crippen molar-refractivity contribution in [2.24, 2.45) is 16.0 Å². The fourth-order valence-corrected chi connectivity index (χ4v) is 5.88. The lowest BCUT2D eigenvalue weighted by atomic mass is 9.95. The van der Waals surface area contributed by atoms with Gasteiger partial charge in [0.1, 0.15) is 23.5 Å². The number of ether oxygens (including phenoxy) is 3. The van der Waals surface area contributed by atoms with Crippen molar-refractivity contribution >= 4 is 40.7 Å². The predicted octanol–water partition coefficient (Wildman–Crippen LogP) is 2.81. The molecule has 2 atom stereocenters. The highest BCUT2D eigenvalue weighted by atomic mass is 32.1. The number of para-hydroxylation sites is 1. The minimum absolute atomic E-state index is 0.160. The molecule has 0 saturated carbocycles. The van der Waals surface area contributed by atoms with Crippen molar-refractivity contribution < 1.29 is 23.8 Å². The first kappa shape index (κ1) is 27.1. The molecule has 0 bridgehead atoms. The summed E-state index contributed by atoms with van der Waals surface area (Å²) in [5, 5.41) is 5.79. The van der Waals surface area contributed by atoms with Crippen LogP contribution < -0.4 is 29.4 Å². The fraction of sp³-hybridized carbons (Fsp3) is 0.276. The molecule has 0 fully saturated rings. The minimum Gasteiger partial charge on any atom is -0.497 e. The van der Waals surface area contributed by atoms with Crippen LogP contribution in [0, 0.1) is 5.92 Å². The van der Waals surface area contributed by atoms with Gasteiger partial charge in [0.15, 0.2) is 4.80 Å². The summed E-state index contributed by atoms with van der Waals surface area (Å²) in [5.41, 5.74) is 2.05. The Morgan fingerprint density at radius 3 is 2.50 bits per heavy atom. The topological polar surface area (TPSA) is 112 Å². The lowest BCUT2D eigenvalue weighted by Crippen LogP contribution is -2.40. The van der Waals surface area contributed by atoms with E-state index in [4.69, 9.17) is 14.2 Å². The number of esters is 1. The second kappa shape index (κ2) is 10.9. The molecule has 3 heterocycles. The maximum atomic E-state index is 14.0. The van der Waals surface area contributed by atoms with E-state index < -0.39 is 17.9 Å². The number of rotatable bonds is 7. The predicted molar refractivity (Wildman–Crippen MR) is 151 cm³/mol. The number of benzene rings is 2. The lowest BCUT2D eigenvalue weighted by molar-refractivity contribution is -0.139. The normalized spacial score (nSPS) is 18.8. The van der Waals surface area contributed by atoms with Crippen LogP contribution in [0.4, 0.5) is 5.69 Å². The van der Waals surface area contributed by atoms with Crippen molar-refractivity contribution in [3.05, 3.63) is 85.1 Å². The van der Waals surface area contributed by atoms with E-state index in [1.165, 1.54) is 16.7 Å². The van der Waals surface area contributed by atoms with Gasteiger partial charge in [0.2, 0.25) is 0 Å². The Bertz CT molecular complexity index is 1740. The SMILES string of the molecule is CCOC(=O)C1=C(C)N=c2s/c(=C/[C@@H]3C(=O)N(c4ccccc4)N=C3C)c(=O)n2[C@@H]1c1ccc(OC)cc1OC. The summed E-state index contributed by atoms with van der Waals surface area (Å²) in [6, 6.07) is 13.4. The molecule has 40 heavy (non-hydrogen) atoms. The average Bonchev–Trinajstić information content (AvgIpc) is 3.42. The van der Waals surface area contributed by atoms with Gasteiger partial charge in [0.25, 0.3) is 11.5 Å². The van der Waals surface area contributed by atoms with E-state index in [0.717, 1.165) is 11.3 Å². The number of fused-ring (bicyclic) bond motifs is 1. The summed E-state index contributed by atoms with van der Waals surface area (Å²) in [7, 11) is 3.05. The average molecular weight is 561 g/mol. The molecular weight excluding hydrogens is 532 g/mol. The molecule has 1 aromatic heterocycles. The van der Waals surface area contributed by atoms with Crippen molar-refractivity contribution in [2.75, 3.05) is 25.8 Å². The maximum absolute atomic E-state index is 14.0. The first-order chi connectivity index (χ1) is 19.3. The third kappa shape index (κ3) is 4.62. The molecule has 0 aliphatic carbocycles. The van der Waals surface area contributed by atoms with Gasteiger partial charge in [0, 0.05) is 11.6 Å². The van der Waals surface area contributed by atoms with Crippen LogP contribution in [-0.4, -0.2) is 43.0 Å². The number of carbonyl (C=O) groups is 2. The van der Waals surface area contributed by atoms with Crippen molar-refractivity contribution in [2.45, 2.75) is 26.8 Å². The molecule has 10 nitrogen and oxygen atoms in total. The van der Waals surface area contributed by atoms with E-state index in [0.29, 0.717) is 43.5 Å². The number of aromatic nitrogens is 1. The van der Waals surface area contributed by atoms with Crippen LogP contribution in [0.15, 0.2) is 74.7 Å². The molecule has 5 rings (SSSR count). The zero-order valence-corrected chi connectivity index (χ0v) is 23.5. The number of hydrogen-bond donors (Lipinski definition) is 0. The number of hydrazone groups is 1. The second-order valence-corrected chi connectivity index (χ2v) is 10.1. The first-order valence-electron chi connectivity index (χ1n) is 12.6. The third-order valence-corrected chi connectivity index (χ3v) is 7.75. The fourth-order valence-electron chi connectivity index (χ4n) is 4.82. The Morgan fingerprint density at radius 2 is 1.82 bits per heavy atom. The van der Waals surface area contributed by atoms with E-state index in [-0.39, 0.29) is 23.6 Å². The summed E-state index contributed by atoms with van der Waals surface area (Å²) in [6.45, 7) is 5.34. The van der Waals surface area contributed by atoms with E-state index in [2.05, 4.69) is 10.1 Å². The minimum atomic E-state index is -0.867. The zero-order chi connectivity index (χ0) is 28.6. The summed E-state index contributed by atoms with van der Waals surface area (Å²) in [5.74, 6) is -0.562. The van der Waals surface area contributed by atoms with Crippen LogP contribution in [0.3, 0.4) is 0 Å². The largest absolute Gasteiger partial charge is 0.497 e. The second-order valence-electron chi connectivity index (χ2n) is 9.14. The van der Waals surface area contributed by atoms with Crippen LogP contribution in [0.1, 0.15) is 32.4 Å². The van der Waals surface area contributed by atoms with Crippen LogP contribution in [0.2, 0.25) is 0 Å². The highest BCUT2D eigenvalue weighted by Crippen LogP contribution is 2.37. The van der Waals surface area contributed by atoms with Gasteiger partial charge in [0.05, 0.1) is 48.0 Å². The third-order valence-electron chi connectivity index (χ3n) is 6.75. The van der Waals surface area contributed by atoms with Crippen LogP contribution >= 0.6 is 11.3 Å². The lowest BCUT2D eigenvalue weighted by Gasteiger charge is -2.26. The first-order valence-corrected chi connectivity index (χ1v) is 13.5. The van der Waals surface area contributed by atoms with Gasteiger partial charge in [-0.15, -0.1) is 0 Å². The van der Waals surface area contributed by atoms with Crippen molar-refractivity contribution in [3.8, 4) is 11.5 Å². The number of methoxy groups -OCH3 is 2. The highest BCUT2D eigenvalue weighted by Gasteiger charge is 2.37. The van der Waals surface area contributed by atoms with Crippen molar-refractivity contribution in [1.29, 1.82) is 0 Å². The van der Waals surface area contributed by atoms with E-state index in [9.17, 15) is 14.4 Å². The van der Waals surface area contributed by atoms with Crippen molar-refractivity contribution in [3.63, 3.8) is 0 Å². The highest BCUT2D eigenvalue weighted by molar-refractivity contribution is 7.07. The molecule has 0 saturated heterocycles. The van der Waals surface area contributed by atoms with Gasteiger partial charge in [-0.1, -0.05) is 29.5 Å². The van der Waals surface area contributed by atoms with E-state index in [1.54, 1.807) is 64.3 Å². The van der Waals surface area contributed by atoms with Crippen molar-refractivity contribution in [1.82, 2.24) is 4.57 Å². The Morgan fingerprint density at radius 1 is 1.07 bits per heavy atom. The molecule has 0 spiro atoms. The molecule has 2 aromatic carbocycles. The van der Waals surface area contributed by atoms with Gasteiger partial charge in [-0.3, -0.25) is 14.2 Å². The Hall–Kier alpha value is -4.51. The molecule has 206 valence electrons. The number of thiazole rings is 1. The Labute approximate surface area is 234 Å². The molecule has 2 aliphatic rings. The quantitative estimate of drug-likeness (QED) is 0.411. The number of nitrogens with zero attached hydrogens (tertiary/aromatic N) is 4. The Balaban J connectivity index is 1.67. The maximum Gasteiger partial charge on any atom is 0.338 e. The molecule has 3 aromatic rings. The van der Waals surface area contributed by atoms with Crippen LogP contribution in [0.25, 0.3) is 6.08 Å². The van der Waals surface area contributed by atoms with Gasteiger partial charge in [-0.05, 0) is 51.1 Å². The zero-order valence-electron chi connectivity index (χ0n) is 22.7. The van der Waals surface area contributed by atoms with E-state index >= 15 is 0 Å². The monoisotopic (exact) mass is 560 g/mol. The summed E-state index contributed by atoms with van der Waals surface area (Å²) < 4.78 is 18.1. The van der Waals surface area contributed by atoms with Gasteiger partial charge < -0.3 is 14.2 Å². The Kier molecular flexibility index (Phi) is 7.40.